The van der Waals surface area contributed by atoms with Crippen molar-refractivity contribution in [3.8, 4) is 55.6 Å². The van der Waals surface area contributed by atoms with Crippen molar-refractivity contribution in [1.29, 1.82) is 0 Å². The topological polar surface area (TPSA) is 0 Å². The summed E-state index contributed by atoms with van der Waals surface area (Å²) in [6.07, 6.45) is 0. The van der Waals surface area contributed by atoms with Crippen molar-refractivity contribution in [2.75, 3.05) is 0 Å². The molecule has 0 amide bonds. The lowest BCUT2D eigenvalue weighted by molar-refractivity contribution is 1.32. The number of fused-ring (bicyclic) bond motifs is 3. The summed E-state index contributed by atoms with van der Waals surface area (Å²) in [6.45, 7) is 8.76. The lowest BCUT2D eigenvalue weighted by atomic mass is 9.91. The monoisotopic (exact) mass is 486 g/mol. The van der Waals surface area contributed by atoms with Gasteiger partial charge in [-0.1, -0.05) is 120 Å². The average molecular weight is 487 g/mol. The molecular weight excluding hydrogens is 456 g/mol. The Morgan fingerprint density at radius 2 is 0.921 bits per heavy atom. The van der Waals surface area contributed by atoms with Gasteiger partial charge in [-0.2, -0.15) is 0 Å². The molecule has 0 saturated heterocycles. The summed E-state index contributed by atoms with van der Waals surface area (Å²) in [6, 6.07) is 40.8. The van der Waals surface area contributed by atoms with Crippen LogP contribution in [-0.4, -0.2) is 0 Å². The Morgan fingerprint density at radius 1 is 0.368 bits per heavy atom. The molecule has 0 bridgehead atoms. The van der Waals surface area contributed by atoms with Crippen LogP contribution in [0.2, 0.25) is 0 Å². The molecule has 0 fully saturated rings. The van der Waals surface area contributed by atoms with Gasteiger partial charge in [-0.25, -0.2) is 0 Å². The van der Waals surface area contributed by atoms with E-state index in [9.17, 15) is 0 Å². The molecule has 7 rings (SSSR count). The first kappa shape index (κ1) is 22.8. The zero-order valence-corrected chi connectivity index (χ0v) is 22.4. The normalized spacial score (nSPS) is 11.7. The van der Waals surface area contributed by atoms with Crippen LogP contribution in [0.1, 0.15) is 22.3 Å². The highest BCUT2D eigenvalue weighted by atomic mass is 14.3. The highest BCUT2D eigenvalue weighted by molar-refractivity contribution is 6.18. The zero-order chi connectivity index (χ0) is 26.0. The van der Waals surface area contributed by atoms with E-state index in [1.165, 1.54) is 88.7 Å². The van der Waals surface area contributed by atoms with Crippen molar-refractivity contribution >= 4 is 10.8 Å². The maximum absolute atomic E-state index is 2.32. The molecular formula is C38H30. The van der Waals surface area contributed by atoms with Gasteiger partial charge in [-0.05, 0) is 105 Å². The van der Waals surface area contributed by atoms with E-state index in [4.69, 9.17) is 0 Å². The van der Waals surface area contributed by atoms with Crippen LogP contribution in [0.5, 0.6) is 0 Å². The molecule has 0 nitrogen and oxygen atoms in total. The van der Waals surface area contributed by atoms with E-state index < -0.39 is 0 Å². The van der Waals surface area contributed by atoms with Gasteiger partial charge < -0.3 is 0 Å². The summed E-state index contributed by atoms with van der Waals surface area (Å²) in [4.78, 5) is 0. The molecule has 1 aliphatic rings. The van der Waals surface area contributed by atoms with Crippen LogP contribution in [0.4, 0.5) is 0 Å². The minimum atomic E-state index is 1.24. The Kier molecular flexibility index (Phi) is 5.13. The summed E-state index contributed by atoms with van der Waals surface area (Å²) < 4.78 is 0. The smallest absolute Gasteiger partial charge is 0.00201 e. The van der Waals surface area contributed by atoms with Crippen LogP contribution in [0, 0.1) is 27.7 Å². The number of benzene rings is 6. The Bertz CT molecular complexity index is 1840. The van der Waals surface area contributed by atoms with Crippen molar-refractivity contribution in [3.05, 3.63) is 131 Å². The molecule has 0 saturated carbocycles. The first-order chi connectivity index (χ1) is 18.5. The molecule has 0 unspecified atom stereocenters. The van der Waals surface area contributed by atoms with Crippen LogP contribution in [-0.2, 0) is 0 Å². The van der Waals surface area contributed by atoms with Gasteiger partial charge in [0.25, 0.3) is 0 Å². The second kappa shape index (κ2) is 8.57. The number of rotatable bonds is 3. The van der Waals surface area contributed by atoms with E-state index >= 15 is 0 Å². The van der Waals surface area contributed by atoms with E-state index in [1.54, 1.807) is 0 Å². The van der Waals surface area contributed by atoms with Crippen molar-refractivity contribution < 1.29 is 0 Å². The van der Waals surface area contributed by atoms with Gasteiger partial charge in [0.1, 0.15) is 0 Å². The van der Waals surface area contributed by atoms with E-state index in [-0.39, 0.29) is 0 Å². The first-order valence-corrected chi connectivity index (χ1v) is 13.4. The van der Waals surface area contributed by atoms with Crippen LogP contribution >= 0.6 is 0 Å². The molecule has 0 heterocycles. The molecule has 1 aliphatic carbocycles. The third kappa shape index (κ3) is 3.52. The van der Waals surface area contributed by atoms with Crippen molar-refractivity contribution in [2.45, 2.75) is 27.7 Å². The van der Waals surface area contributed by atoms with E-state index in [2.05, 4.69) is 137 Å². The molecule has 0 spiro atoms. The lowest BCUT2D eigenvalue weighted by Crippen LogP contribution is -1.90. The Labute approximate surface area is 225 Å². The van der Waals surface area contributed by atoms with E-state index in [0.29, 0.717) is 0 Å². The Hall–Kier alpha value is -4.42. The fourth-order valence-corrected chi connectivity index (χ4v) is 6.53. The molecule has 0 heteroatoms. The summed E-state index contributed by atoms with van der Waals surface area (Å²) in [5.41, 5.74) is 18.4. The average Bonchev–Trinajstić information content (AvgIpc) is 3.23. The van der Waals surface area contributed by atoms with Crippen LogP contribution in [0.3, 0.4) is 0 Å². The van der Waals surface area contributed by atoms with E-state index in [1.807, 2.05) is 0 Å². The minimum Gasteiger partial charge on any atom is -0.0610 e. The van der Waals surface area contributed by atoms with Gasteiger partial charge >= 0.3 is 0 Å². The van der Waals surface area contributed by atoms with Gasteiger partial charge in [0.2, 0.25) is 0 Å². The third-order valence-electron chi connectivity index (χ3n) is 8.18. The third-order valence-corrected chi connectivity index (χ3v) is 8.18. The van der Waals surface area contributed by atoms with Crippen molar-refractivity contribution in [1.82, 2.24) is 0 Å². The predicted molar refractivity (Wildman–Crippen MR) is 164 cm³/mol. The SMILES string of the molecule is Cc1cc(C)c(-c2ccc(-c3ccc(-c4ccc5c6c(cccc46)-c4cc(C)ccc4-5)cc3)cc2)c(C)c1. The van der Waals surface area contributed by atoms with E-state index in [0.717, 1.165) is 0 Å². The van der Waals surface area contributed by atoms with Gasteiger partial charge in [0.15, 0.2) is 0 Å². The Morgan fingerprint density at radius 3 is 1.61 bits per heavy atom. The highest BCUT2D eigenvalue weighted by Crippen LogP contribution is 2.49. The molecule has 182 valence electrons. The maximum Gasteiger partial charge on any atom is -0.00201 e. The first-order valence-electron chi connectivity index (χ1n) is 13.4. The Balaban J connectivity index is 1.24. The minimum absolute atomic E-state index is 1.24. The fourth-order valence-electron chi connectivity index (χ4n) is 6.53. The number of hydrogen-bond donors (Lipinski definition) is 0. The van der Waals surface area contributed by atoms with Crippen LogP contribution < -0.4 is 0 Å². The summed E-state index contributed by atoms with van der Waals surface area (Å²) in [7, 11) is 0. The molecule has 0 aliphatic heterocycles. The summed E-state index contributed by atoms with van der Waals surface area (Å²) in [5.74, 6) is 0. The number of aryl methyl sites for hydroxylation is 4. The lowest BCUT2D eigenvalue weighted by Gasteiger charge is -2.13. The summed E-state index contributed by atoms with van der Waals surface area (Å²) in [5, 5.41) is 2.71. The largest absolute Gasteiger partial charge is 0.0610 e. The molecule has 0 N–H and O–H groups in total. The molecule has 0 aromatic heterocycles. The molecule has 6 aromatic rings. The van der Waals surface area contributed by atoms with Gasteiger partial charge in [0.05, 0.1) is 0 Å². The fraction of sp³-hybridized carbons (Fsp3) is 0.105. The standard InChI is InChI=1S/C38H30/c1-23-8-17-32-35-19-18-31(33-6-5-7-34(38(33)35)36(32)22-23)29-13-9-27(10-14-29)28-11-15-30(16-12-28)37-25(3)20-24(2)21-26(37)4/h5-22H,1-4H3. The second-order valence-corrected chi connectivity index (χ2v) is 10.9. The molecule has 6 aromatic carbocycles. The predicted octanol–water partition coefficient (Wildman–Crippen LogP) is 10.7. The summed E-state index contributed by atoms with van der Waals surface area (Å²) >= 11 is 0. The maximum atomic E-state index is 2.32. The van der Waals surface area contributed by atoms with Gasteiger partial charge in [-0.3, -0.25) is 0 Å². The quantitative estimate of drug-likeness (QED) is 0.233. The van der Waals surface area contributed by atoms with Crippen molar-refractivity contribution in [3.63, 3.8) is 0 Å². The van der Waals surface area contributed by atoms with Crippen molar-refractivity contribution in [2.24, 2.45) is 0 Å². The molecule has 0 atom stereocenters. The molecule has 38 heavy (non-hydrogen) atoms. The number of hydrogen-bond acceptors (Lipinski definition) is 0. The zero-order valence-electron chi connectivity index (χ0n) is 22.4. The highest BCUT2D eigenvalue weighted by Gasteiger charge is 2.22. The molecule has 0 radical (unpaired) electrons. The second-order valence-electron chi connectivity index (χ2n) is 10.9. The van der Waals surface area contributed by atoms with Crippen LogP contribution in [0.15, 0.2) is 109 Å². The van der Waals surface area contributed by atoms with Crippen LogP contribution in [0.25, 0.3) is 66.4 Å². The van der Waals surface area contributed by atoms with Gasteiger partial charge in [-0.15, -0.1) is 0 Å². The van der Waals surface area contributed by atoms with Gasteiger partial charge in [0, 0.05) is 0 Å².